The molecule has 6 nitrogen and oxygen atoms in total. The molecule has 3 rings (SSSR count). The first-order valence-corrected chi connectivity index (χ1v) is 8.16. The number of nitrogens with zero attached hydrogens (tertiary/aromatic N) is 3. The standard InChI is InChI=1S/C19H20N4O2/c1-3-22(13-17-12-20-18-6-4-5-11-23(17)18)19(25)15-7-9-16(10-8-15)21-14(2)24/h4-12H,3,13H2,1-2H3,(H,21,24). The quantitative estimate of drug-likeness (QED) is 0.779. The SMILES string of the molecule is CCN(Cc1cnc2ccccn12)C(=O)c1ccc(NC(C)=O)cc1. The van der Waals surface area contributed by atoms with Gasteiger partial charge in [-0.3, -0.25) is 9.59 Å². The van der Waals surface area contributed by atoms with E-state index < -0.39 is 0 Å². The summed E-state index contributed by atoms with van der Waals surface area (Å²) >= 11 is 0. The summed E-state index contributed by atoms with van der Waals surface area (Å²) in [6.07, 6.45) is 3.74. The lowest BCUT2D eigenvalue weighted by molar-refractivity contribution is -0.114. The van der Waals surface area contributed by atoms with E-state index >= 15 is 0 Å². The van der Waals surface area contributed by atoms with Crippen LogP contribution in [0.1, 0.15) is 29.9 Å². The monoisotopic (exact) mass is 336 g/mol. The van der Waals surface area contributed by atoms with Crippen molar-refractivity contribution in [1.29, 1.82) is 0 Å². The van der Waals surface area contributed by atoms with Crippen LogP contribution in [-0.4, -0.2) is 32.6 Å². The number of carbonyl (C=O) groups excluding carboxylic acids is 2. The van der Waals surface area contributed by atoms with Gasteiger partial charge in [-0.05, 0) is 43.3 Å². The zero-order valence-corrected chi connectivity index (χ0v) is 14.3. The van der Waals surface area contributed by atoms with E-state index in [-0.39, 0.29) is 11.8 Å². The van der Waals surface area contributed by atoms with Gasteiger partial charge in [0.1, 0.15) is 5.65 Å². The predicted molar refractivity (Wildman–Crippen MR) is 96.4 cm³/mol. The number of carbonyl (C=O) groups is 2. The highest BCUT2D eigenvalue weighted by Gasteiger charge is 2.16. The van der Waals surface area contributed by atoms with Crippen molar-refractivity contribution in [2.24, 2.45) is 0 Å². The molecule has 0 fully saturated rings. The van der Waals surface area contributed by atoms with Crippen molar-refractivity contribution in [1.82, 2.24) is 14.3 Å². The second kappa shape index (κ2) is 7.17. The molecule has 0 atom stereocenters. The average Bonchev–Trinajstić information content (AvgIpc) is 3.02. The molecule has 0 unspecified atom stereocenters. The lowest BCUT2D eigenvalue weighted by Crippen LogP contribution is -2.30. The van der Waals surface area contributed by atoms with Crippen LogP contribution in [0, 0.1) is 0 Å². The van der Waals surface area contributed by atoms with Gasteiger partial charge in [0.2, 0.25) is 5.91 Å². The number of anilines is 1. The number of hydrogen-bond acceptors (Lipinski definition) is 3. The molecule has 0 aliphatic rings. The molecule has 0 bridgehead atoms. The van der Waals surface area contributed by atoms with E-state index in [4.69, 9.17) is 0 Å². The summed E-state index contributed by atoms with van der Waals surface area (Å²) in [4.78, 5) is 30.0. The molecule has 6 heteroatoms. The fourth-order valence-electron chi connectivity index (χ4n) is 2.71. The fourth-order valence-corrected chi connectivity index (χ4v) is 2.71. The number of pyridine rings is 1. The van der Waals surface area contributed by atoms with Gasteiger partial charge in [0, 0.05) is 30.9 Å². The topological polar surface area (TPSA) is 66.7 Å². The minimum atomic E-state index is -0.137. The summed E-state index contributed by atoms with van der Waals surface area (Å²) in [6.45, 7) is 4.47. The normalized spacial score (nSPS) is 10.6. The molecule has 2 aromatic heterocycles. The van der Waals surface area contributed by atoms with Gasteiger partial charge in [-0.25, -0.2) is 4.98 Å². The van der Waals surface area contributed by atoms with Crippen LogP contribution in [0.15, 0.2) is 54.9 Å². The highest BCUT2D eigenvalue weighted by molar-refractivity contribution is 5.95. The zero-order chi connectivity index (χ0) is 17.8. The summed E-state index contributed by atoms with van der Waals surface area (Å²) in [7, 11) is 0. The molecule has 0 aliphatic carbocycles. The minimum Gasteiger partial charge on any atom is -0.333 e. The van der Waals surface area contributed by atoms with E-state index in [0.717, 1.165) is 11.3 Å². The molecule has 0 saturated heterocycles. The number of hydrogen-bond donors (Lipinski definition) is 1. The van der Waals surface area contributed by atoms with Crippen LogP contribution in [0.2, 0.25) is 0 Å². The summed E-state index contributed by atoms with van der Waals surface area (Å²) < 4.78 is 1.98. The van der Waals surface area contributed by atoms with Gasteiger partial charge >= 0.3 is 0 Å². The number of imidazole rings is 1. The van der Waals surface area contributed by atoms with Crippen molar-refractivity contribution in [2.75, 3.05) is 11.9 Å². The number of benzene rings is 1. The Labute approximate surface area is 146 Å². The van der Waals surface area contributed by atoms with Crippen LogP contribution in [-0.2, 0) is 11.3 Å². The van der Waals surface area contributed by atoms with E-state index in [2.05, 4.69) is 10.3 Å². The second-order valence-corrected chi connectivity index (χ2v) is 5.76. The molecule has 0 radical (unpaired) electrons. The maximum Gasteiger partial charge on any atom is 0.254 e. The van der Waals surface area contributed by atoms with Crippen molar-refractivity contribution in [3.8, 4) is 0 Å². The summed E-state index contributed by atoms with van der Waals surface area (Å²) in [5, 5.41) is 2.70. The number of aromatic nitrogens is 2. The van der Waals surface area contributed by atoms with E-state index in [1.807, 2.05) is 35.7 Å². The van der Waals surface area contributed by atoms with Gasteiger partial charge < -0.3 is 14.6 Å². The molecular weight excluding hydrogens is 316 g/mol. The predicted octanol–water partition coefficient (Wildman–Crippen LogP) is 2.96. The first-order chi connectivity index (χ1) is 12.1. The fraction of sp³-hybridized carbons (Fsp3) is 0.211. The number of nitrogens with one attached hydrogen (secondary N) is 1. The van der Waals surface area contributed by atoms with Gasteiger partial charge in [-0.15, -0.1) is 0 Å². The Bertz CT molecular complexity index is 899. The molecule has 0 saturated carbocycles. The summed E-state index contributed by atoms with van der Waals surface area (Å²) in [6, 6.07) is 12.7. The van der Waals surface area contributed by atoms with Crippen molar-refractivity contribution in [3.05, 3.63) is 66.1 Å². The molecule has 25 heavy (non-hydrogen) atoms. The lowest BCUT2D eigenvalue weighted by Gasteiger charge is -2.21. The maximum atomic E-state index is 12.8. The van der Waals surface area contributed by atoms with Crippen molar-refractivity contribution in [3.63, 3.8) is 0 Å². The molecule has 128 valence electrons. The smallest absolute Gasteiger partial charge is 0.254 e. The van der Waals surface area contributed by atoms with Crippen molar-refractivity contribution < 1.29 is 9.59 Å². The number of fused-ring (bicyclic) bond motifs is 1. The third-order valence-corrected chi connectivity index (χ3v) is 3.97. The highest BCUT2D eigenvalue weighted by atomic mass is 16.2. The molecule has 0 spiro atoms. The Balaban J connectivity index is 1.78. The van der Waals surface area contributed by atoms with Gasteiger partial charge in [0.05, 0.1) is 18.4 Å². The molecule has 1 N–H and O–H groups in total. The maximum absolute atomic E-state index is 12.8. The lowest BCUT2D eigenvalue weighted by atomic mass is 10.1. The molecule has 0 aliphatic heterocycles. The largest absolute Gasteiger partial charge is 0.333 e. The second-order valence-electron chi connectivity index (χ2n) is 5.76. The summed E-state index contributed by atoms with van der Waals surface area (Å²) in [5.74, 6) is -0.190. The minimum absolute atomic E-state index is 0.0530. The van der Waals surface area contributed by atoms with Gasteiger partial charge in [0.15, 0.2) is 0 Å². The number of amides is 2. The van der Waals surface area contributed by atoms with Crippen LogP contribution in [0.25, 0.3) is 5.65 Å². The Kier molecular flexibility index (Phi) is 4.79. The van der Waals surface area contributed by atoms with Gasteiger partial charge in [-0.2, -0.15) is 0 Å². The van der Waals surface area contributed by atoms with Crippen LogP contribution >= 0.6 is 0 Å². The van der Waals surface area contributed by atoms with Crippen molar-refractivity contribution >= 4 is 23.1 Å². The van der Waals surface area contributed by atoms with E-state index in [9.17, 15) is 9.59 Å². The Hall–Kier alpha value is -3.15. The van der Waals surface area contributed by atoms with Gasteiger partial charge in [0.25, 0.3) is 5.91 Å². The van der Waals surface area contributed by atoms with Gasteiger partial charge in [-0.1, -0.05) is 6.07 Å². The van der Waals surface area contributed by atoms with E-state index in [1.54, 1.807) is 35.4 Å². The molecule has 2 heterocycles. The van der Waals surface area contributed by atoms with E-state index in [1.165, 1.54) is 6.92 Å². The van der Waals surface area contributed by atoms with Crippen LogP contribution < -0.4 is 5.32 Å². The third-order valence-electron chi connectivity index (χ3n) is 3.97. The Morgan fingerprint density at radius 3 is 2.60 bits per heavy atom. The molecular formula is C19H20N4O2. The van der Waals surface area contributed by atoms with Crippen LogP contribution in [0.3, 0.4) is 0 Å². The van der Waals surface area contributed by atoms with Crippen LogP contribution in [0.5, 0.6) is 0 Å². The number of rotatable bonds is 5. The molecule has 1 aromatic carbocycles. The Morgan fingerprint density at radius 1 is 1.16 bits per heavy atom. The first-order valence-electron chi connectivity index (χ1n) is 8.16. The van der Waals surface area contributed by atoms with E-state index in [0.29, 0.717) is 24.3 Å². The third kappa shape index (κ3) is 3.68. The average molecular weight is 336 g/mol. The first kappa shape index (κ1) is 16.7. The van der Waals surface area contributed by atoms with Crippen LogP contribution in [0.4, 0.5) is 5.69 Å². The zero-order valence-electron chi connectivity index (χ0n) is 14.3. The summed E-state index contributed by atoms with van der Waals surface area (Å²) in [5.41, 5.74) is 3.08. The van der Waals surface area contributed by atoms with Crippen molar-refractivity contribution in [2.45, 2.75) is 20.4 Å². The Morgan fingerprint density at radius 2 is 1.92 bits per heavy atom. The molecule has 2 amide bonds. The molecule has 3 aromatic rings. The highest BCUT2D eigenvalue weighted by Crippen LogP contribution is 2.14.